The second-order valence-corrected chi connectivity index (χ2v) is 0.634. The Hall–Kier alpha value is 1.48. The molecule has 0 fully saturated rings. The van der Waals surface area contributed by atoms with Crippen molar-refractivity contribution in [2.45, 2.75) is 0 Å². The fourth-order valence-electron chi connectivity index (χ4n) is 0.0747. The average Bonchev–Trinajstić information content (AvgIpc) is 1.27. The summed E-state index contributed by atoms with van der Waals surface area (Å²) in [4.78, 5) is 18.4. The van der Waals surface area contributed by atoms with Crippen molar-refractivity contribution in [3.8, 4) is 0 Å². The predicted molar refractivity (Wildman–Crippen MR) is 34.2 cm³/mol. The summed E-state index contributed by atoms with van der Waals surface area (Å²) in [6, 6.07) is 0. The van der Waals surface area contributed by atoms with E-state index in [9.17, 15) is 9.59 Å². The van der Waals surface area contributed by atoms with Crippen molar-refractivity contribution in [3.63, 3.8) is 0 Å². The van der Waals surface area contributed by atoms with Crippen LogP contribution in [0.1, 0.15) is 0 Å². The monoisotopic (exact) mass is 238 g/mol. The zero-order valence-corrected chi connectivity index (χ0v) is 3.12. The Morgan fingerprint density at radius 1 is 1.11 bits per heavy atom. The molecule has 0 amide bonds. The third kappa shape index (κ3) is 17.7. The first-order valence-corrected chi connectivity index (χ1v) is 1.26. The quantitative estimate of drug-likeness (QED) is 0.305. The van der Waals surface area contributed by atoms with E-state index in [0.717, 1.165) is 0 Å². The van der Waals surface area contributed by atoms with Gasteiger partial charge in [0, 0.05) is 0 Å². The summed E-state index contributed by atoms with van der Waals surface area (Å²) in [6.07, 6.45) is -3.62. The van der Waals surface area contributed by atoms with Gasteiger partial charge in [0.2, 0.25) is 0 Å². The third-order valence-electron chi connectivity index (χ3n) is 0.175. The van der Waals surface area contributed by atoms with Crippen LogP contribution in [-0.4, -0.2) is 106 Å². The van der Waals surface area contributed by atoms with E-state index in [2.05, 4.69) is 4.74 Å². The fraction of sp³-hybridized carbons (Fsp3) is 0. The van der Waals surface area contributed by atoms with Crippen molar-refractivity contribution < 1.29 is 24.5 Å². The summed E-state index contributed by atoms with van der Waals surface area (Å²) in [5.74, 6) is 0. The van der Waals surface area contributed by atoms with Crippen LogP contribution in [0.3, 0.4) is 0 Å². The number of rotatable bonds is 0. The number of carbonyl (C=O) groups is 2. The van der Waals surface area contributed by atoms with Crippen molar-refractivity contribution in [2.24, 2.45) is 0 Å². The van der Waals surface area contributed by atoms with Crippen molar-refractivity contribution in [1.29, 1.82) is 0 Å². The van der Waals surface area contributed by atoms with Crippen LogP contribution < -0.4 is 0 Å². The molecule has 0 aromatic heterocycles. The summed E-state index contributed by atoms with van der Waals surface area (Å²) < 4.78 is 3.08. The van der Waals surface area contributed by atoms with E-state index >= 15 is 0 Å². The molecule has 0 aromatic rings. The van der Waals surface area contributed by atoms with Crippen LogP contribution in [0.5, 0.6) is 0 Å². The van der Waals surface area contributed by atoms with Crippen LogP contribution in [0, 0.1) is 0 Å². The molecule has 0 aliphatic heterocycles. The van der Waals surface area contributed by atoms with Gasteiger partial charge in [0.1, 0.15) is 0 Å². The second kappa shape index (κ2) is 9.48. The van der Waals surface area contributed by atoms with Crippen molar-refractivity contribution >= 4 is 95.5 Å². The Labute approximate surface area is 118 Å². The van der Waals surface area contributed by atoms with Gasteiger partial charge >= 0.3 is 95.5 Å². The van der Waals surface area contributed by atoms with Gasteiger partial charge in [-0.25, -0.2) is 9.59 Å². The zero-order valence-electron chi connectivity index (χ0n) is 3.12. The molecule has 0 radical (unpaired) electrons. The van der Waals surface area contributed by atoms with Gasteiger partial charge in [-0.05, 0) is 0 Å². The van der Waals surface area contributed by atoms with Crippen LogP contribution in [0.25, 0.3) is 0 Å². The van der Waals surface area contributed by atoms with Gasteiger partial charge in [0.15, 0.2) is 0 Å². The summed E-state index contributed by atoms with van der Waals surface area (Å²) in [5, 5.41) is 15.0. The number of hydrogen-bond donors (Lipinski definition) is 2. The minimum atomic E-state index is -1.81. The fourth-order valence-corrected chi connectivity index (χ4v) is 0.0747. The van der Waals surface area contributed by atoms with Gasteiger partial charge in [-0.15, -0.1) is 0 Å². The van der Waals surface area contributed by atoms with Crippen LogP contribution in [-0.2, 0) is 4.74 Å². The number of carboxylic acid groups (broad SMARTS) is 2. The predicted octanol–water partition coefficient (Wildman–Crippen LogP) is -1.47. The molecule has 0 aromatic carbocycles. The molecule has 2 N–H and O–H groups in total. The SMILES string of the molecule is O=C(O)OC(=O)O.[CaH2].[SrH2]. The van der Waals surface area contributed by atoms with Gasteiger partial charge in [-0.2, -0.15) is 0 Å². The van der Waals surface area contributed by atoms with Gasteiger partial charge in [-0.3, -0.25) is 0 Å². The normalized spacial score (nSPS) is 5.78. The van der Waals surface area contributed by atoms with E-state index in [0.29, 0.717) is 0 Å². The minimum absolute atomic E-state index is 0. The molecule has 0 aliphatic rings. The number of hydrogen-bond acceptors (Lipinski definition) is 3. The molecule has 0 rings (SSSR count). The van der Waals surface area contributed by atoms with E-state index in [1.54, 1.807) is 0 Å². The Bertz CT molecular complexity index is 91.1. The molecule has 0 heterocycles. The van der Waals surface area contributed by atoms with E-state index in [1.165, 1.54) is 0 Å². The molecule has 0 bridgehead atoms. The average molecular weight is 238 g/mol. The molecule has 9 heavy (non-hydrogen) atoms. The first-order chi connectivity index (χ1) is 3.13. The van der Waals surface area contributed by atoms with E-state index in [4.69, 9.17) is 10.2 Å². The van der Waals surface area contributed by atoms with E-state index < -0.39 is 12.3 Å². The molecule has 0 atom stereocenters. The molecule has 48 valence electrons. The van der Waals surface area contributed by atoms with Gasteiger partial charge < -0.3 is 14.9 Å². The Kier molecular flexibility index (Phi) is 17.7. The van der Waals surface area contributed by atoms with Crippen molar-refractivity contribution in [3.05, 3.63) is 0 Å². The van der Waals surface area contributed by atoms with Crippen molar-refractivity contribution in [1.82, 2.24) is 0 Å². The molecular formula is C2H6CaO5Sr. The zero-order chi connectivity index (χ0) is 5.86. The summed E-state index contributed by atoms with van der Waals surface area (Å²) >= 11 is 0. The number of ether oxygens (including phenoxy) is 1. The van der Waals surface area contributed by atoms with Crippen LogP contribution in [0.4, 0.5) is 9.59 Å². The topological polar surface area (TPSA) is 83.8 Å². The first kappa shape index (κ1) is 16.8. The molecule has 0 aliphatic carbocycles. The Morgan fingerprint density at radius 3 is 1.33 bits per heavy atom. The van der Waals surface area contributed by atoms with Crippen LogP contribution in [0.2, 0.25) is 0 Å². The molecule has 0 unspecified atom stereocenters. The Balaban J connectivity index is -0.000000180. The van der Waals surface area contributed by atoms with Crippen LogP contribution in [0.15, 0.2) is 0 Å². The summed E-state index contributed by atoms with van der Waals surface area (Å²) in [7, 11) is 0. The third-order valence-corrected chi connectivity index (χ3v) is 0.175. The van der Waals surface area contributed by atoms with Gasteiger partial charge in [0.05, 0.1) is 0 Å². The molecular weight excluding hydrogens is 232 g/mol. The maximum absolute atomic E-state index is 9.21. The van der Waals surface area contributed by atoms with Gasteiger partial charge in [0.25, 0.3) is 0 Å². The molecule has 7 heteroatoms. The molecule has 0 saturated carbocycles. The van der Waals surface area contributed by atoms with E-state index in [1.807, 2.05) is 0 Å². The Morgan fingerprint density at radius 2 is 1.33 bits per heavy atom. The molecule has 0 saturated heterocycles. The van der Waals surface area contributed by atoms with Gasteiger partial charge in [-0.1, -0.05) is 0 Å². The van der Waals surface area contributed by atoms with Crippen molar-refractivity contribution in [2.75, 3.05) is 0 Å². The molecule has 5 nitrogen and oxygen atoms in total. The summed E-state index contributed by atoms with van der Waals surface area (Å²) in [6.45, 7) is 0. The molecule has 0 spiro atoms. The first-order valence-electron chi connectivity index (χ1n) is 1.26. The maximum atomic E-state index is 9.21. The standard InChI is InChI=1S/C2H2O5.Ca.Sr.4H/c3-1(4)7-2(5)6;;;;;;/h(H,3,4)(H,5,6);;;;;;. The van der Waals surface area contributed by atoms with E-state index in [-0.39, 0.29) is 83.2 Å². The second-order valence-electron chi connectivity index (χ2n) is 0.634. The summed E-state index contributed by atoms with van der Waals surface area (Å²) in [5.41, 5.74) is 0. The van der Waals surface area contributed by atoms with Crippen LogP contribution >= 0.6 is 0 Å².